The van der Waals surface area contributed by atoms with E-state index in [1.54, 1.807) is 24.3 Å². The molecule has 0 saturated carbocycles. The zero-order valence-corrected chi connectivity index (χ0v) is 21.3. The summed E-state index contributed by atoms with van der Waals surface area (Å²) in [7, 11) is 0. The van der Waals surface area contributed by atoms with Gasteiger partial charge in [0.2, 0.25) is 0 Å². The lowest BCUT2D eigenvalue weighted by molar-refractivity contribution is -0.132. The fourth-order valence-electron chi connectivity index (χ4n) is 4.26. The van der Waals surface area contributed by atoms with E-state index in [0.717, 1.165) is 16.9 Å². The number of anilines is 1. The minimum atomic E-state index is -0.917. The van der Waals surface area contributed by atoms with Gasteiger partial charge in [0.05, 0.1) is 21.8 Å². The van der Waals surface area contributed by atoms with Crippen LogP contribution >= 0.6 is 22.9 Å². The van der Waals surface area contributed by atoms with Crippen LogP contribution in [0, 0.1) is 5.82 Å². The number of halogens is 2. The van der Waals surface area contributed by atoms with E-state index in [9.17, 15) is 19.1 Å². The molecule has 0 spiro atoms. The molecule has 4 aromatic rings. The molecule has 8 heteroatoms. The Morgan fingerprint density at radius 3 is 2.33 bits per heavy atom. The van der Waals surface area contributed by atoms with Crippen LogP contribution in [0.4, 0.5) is 9.52 Å². The van der Waals surface area contributed by atoms with E-state index in [-0.39, 0.29) is 21.9 Å². The van der Waals surface area contributed by atoms with Crippen LogP contribution < -0.4 is 4.90 Å². The quantitative estimate of drug-likeness (QED) is 0.179. The van der Waals surface area contributed by atoms with E-state index in [4.69, 9.17) is 11.6 Å². The molecule has 1 N–H and O–H groups in total. The summed E-state index contributed by atoms with van der Waals surface area (Å²) in [6.07, 6.45) is 0. The molecule has 2 heterocycles. The van der Waals surface area contributed by atoms with Gasteiger partial charge in [-0.1, -0.05) is 68.0 Å². The molecule has 1 aliphatic rings. The van der Waals surface area contributed by atoms with Crippen molar-refractivity contribution in [3.05, 3.63) is 99.8 Å². The van der Waals surface area contributed by atoms with Gasteiger partial charge in [0.15, 0.2) is 5.13 Å². The summed E-state index contributed by atoms with van der Waals surface area (Å²) in [5.74, 6) is -2.35. The molecule has 36 heavy (non-hydrogen) atoms. The van der Waals surface area contributed by atoms with Crippen LogP contribution in [0.15, 0.2) is 72.3 Å². The van der Waals surface area contributed by atoms with Gasteiger partial charge >= 0.3 is 5.91 Å². The van der Waals surface area contributed by atoms with Gasteiger partial charge in [-0.05, 0) is 59.0 Å². The number of aliphatic hydroxyl groups excluding tert-OH is 1. The van der Waals surface area contributed by atoms with Crippen LogP contribution in [-0.2, 0) is 15.0 Å². The molecule has 0 radical (unpaired) electrons. The fraction of sp³-hybridized carbons (Fsp3) is 0.179. The van der Waals surface area contributed by atoms with Crippen LogP contribution in [0.3, 0.4) is 0 Å². The molecule has 1 fully saturated rings. The second-order valence-corrected chi connectivity index (χ2v) is 11.1. The Hall–Kier alpha value is -3.55. The molecular formula is C28H22ClFN2O3S. The van der Waals surface area contributed by atoms with E-state index in [2.05, 4.69) is 25.8 Å². The Bertz CT molecular complexity index is 1540. The van der Waals surface area contributed by atoms with Gasteiger partial charge in [-0.15, -0.1) is 0 Å². The lowest BCUT2D eigenvalue weighted by Gasteiger charge is -2.24. The zero-order valence-electron chi connectivity index (χ0n) is 19.8. The first kappa shape index (κ1) is 24.2. The van der Waals surface area contributed by atoms with Gasteiger partial charge in [-0.2, -0.15) is 0 Å². The first-order valence-corrected chi connectivity index (χ1v) is 12.5. The third kappa shape index (κ3) is 4.18. The highest BCUT2D eigenvalue weighted by Gasteiger charge is 2.48. The molecule has 0 bridgehead atoms. The minimum Gasteiger partial charge on any atom is -0.507 e. The van der Waals surface area contributed by atoms with Gasteiger partial charge in [0, 0.05) is 10.6 Å². The molecule has 5 rings (SSSR count). The molecule has 182 valence electrons. The molecule has 1 unspecified atom stereocenters. The SMILES string of the molecule is CC(C)(C)c1ccc(C2C(=C(O)c3ccc(Cl)cc3)C(=O)C(=O)N2c2nc3ccc(F)cc3s2)cc1. The highest BCUT2D eigenvalue weighted by atomic mass is 35.5. The molecule has 1 aliphatic heterocycles. The van der Waals surface area contributed by atoms with Crippen LogP contribution in [0.2, 0.25) is 5.02 Å². The summed E-state index contributed by atoms with van der Waals surface area (Å²) in [6.45, 7) is 6.28. The summed E-state index contributed by atoms with van der Waals surface area (Å²) in [6, 6.07) is 17.2. The zero-order chi connectivity index (χ0) is 25.8. The summed E-state index contributed by atoms with van der Waals surface area (Å²) in [5, 5.41) is 11.9. The first-order valence-electron chi connectivity index (χ1n) is 11.3. The summed E-state index contributed by atoms with van der Waals surface area (Å²) in [5.41, 5.74) is 2.45. The number of hydrogen-bond acceptors (Lipinski definition) is 5. The lowest BCUT2D eigenvalue weighted by atomic mass is 9.85. The number of benzene rings is 3. The Morgan fingerprint density at radius 2 is 1.69 bits per heavy atom. The second kappa shape index (κ2) is 8.84. The van der Waals surface area contributed by atoms with E-state index in [0.29, 0.717) is 26.4 Å². The van der Waals surface area contributed by atoms with E-state index in [1.807, 2.05) is 24.3 Å². The summed E-state index contributed by atoms with van der Waals surface area (Å²) < 4.78 is 14.4. The van der Waals surface area contributed by atoms with Crippen molar-refractivity contribution in [1.29, 1.82) is 0 Å². The summed E-state index contributed by atoms with van der Waals surface area (Å²) >= 11 is 7.11. The standard InChI is InChI=1S/C28H22ClFN2O3S/c1-28(2,3)17-8-4-15(5-9-17)23-22(24(33)16-6-10-18(29)11-7-16)25(34)26(35)32(23)27-31-20-13-12-19(30)14-21(20)36-27/h4-14,23,33H,1-3H3. The van der Waals surface area contributed by atoms with Crippen molar-refractivity contribution in [2.45, 2.75) is 32.2 Å². The normalized spacial score (nSPS) is 17.8. The Morgan fingerprint density at radius 1 is 1.03 bits per heavy atom. The van der Waals surface area contributed by atoms with Gasteiger partial charge in [-0.3, -0.25) is 14.5 Å². The Kier molecular flexibility index (Phi) is 5.93. The second-order valence-electron chi connectivity index (χ2n) is 9.66. The number of fused-ring (bicyclic) bond motifs is 1. The van der Waals surface area contributed by atoms with Gasteiger partial charge in [0.1, 0.15) is 11.6 Å². The van der Waals surface area contributed by atoms with Crippen molar-refractivity contribution in [3.8, 4) is 0 Å². The number of hydrogen-bond donors (Lipinski definition) is 1. The topological polar surface area (TPSA) is 70.5 Å². The number of carbonyl (C=O) groups is 2. The molecule has 1 saturated heterocycles. The molecular weight excluding hydrogens is 499 g/mol. The maximum absolute atomic E-state index is 13.8. The molecule has 5 nitrogen and oxygen atoms in total. The molecule has 1 aromatic heterocycles. The van der Waals surface area contributed by atoms with E-state index in [1.165, 1.54) is 23.1 Å². The monoisotopic (exact) mass is 520 g/mol. The van der Waals surface area contributed by atoms with Crippen molar-refractivity contribution in [1.82, 2.24) is 4.98 Å². The van der Waals surface area contributed by atoms with E-state index >= 15 is 0 Å². The molecule has 1 amide bonds. The van der Waals surface area contributed by atoms with Crippen LogP contribution in [-0.4, -0.2) is 21.8 Å². The van der Waals surface area contributed by atoms with Crippen LogP contribution in [0.1, 0.15) is 43.5 Å². The number of amides is 1. The molecule has 1 atom stereocenters. The molecule has 0 aliphatic carbocycles. The van der Waals surface area contributed by atoms with Crippen molar-refractivity contribution in [2.75, 3.05) is 4.90 Å². The number of aliphatic hydroxyl groups is 1. The van der Waals surface area contributed by atoms with Crippen molar-refractivity contribution in [2.24, 2.45) is 0 Å². The Labute approximate surface area is 216 Å². The predicted molar refractivity (Wildman–Crippen MR) is 141 cm³/mol. The first-order chi connectivity index (χ1) is 17.0. The number of ketones is 1. The van der Waals surface area contributed by atoms with Crippen molar-refractivity contribution < 1.29 is 19.1 Å². The highest BCUT2D eigenvalue weighted by Crippen LogP contribution is 2.44. The average Bonchev–Trinajstić information content (AvgIpc) is 3.36. The minimum absolute atomic E-state index is 0.0451. The van der Waals surface area contributed by atoms with Crippen molar-refractivity contribution >= 4 is 55.7 Å². The smallest absolute Gasteiger partial charge is 0.301 e. The number of carbonyl (C=O) groups excluding carboxylic acids is 2. The lowest BCUT2D eigenvalue weighted by Crippen LogP contribution is -2.29. The summed E-state index contributed by atoms with van der Waals surface area (Å²) in [4.78, 5) is 32.5. The third-order valence-corrected chi connectivity index (χ3v) is 7.47. The largest absolute Gasteiger partial charge is 0.507 e. The maximum Gasteiger partial charge on any atom is 0.301 e. The van der Waals surface area contributed by atoms with Crippen LogP contribution in [0.5, 0.6) is 0 Å². The number of rotatable bonds is 3. The highest BCUT2D eigenvalue weighted by molar-refractivity contribution is 7.22. The number of thiazole rings is 1. The number of aromatic nitrogens is 1. The number of nitrogens with zero attached hydrogens (tertiary/aromatic N) is 2. The van der Waals surface area contributed by atoms with Crippen molar-refractivity contribution in [3.63, 3.8) is 0 Å². The fourth-order valence-corrected chi connectivity index (χ4v) is 5.41. The van der Waals surface area contributed by atoms with Gasteiger partial charge < -0.3 is 5.11 Å². The van der Waals surface area contributed by atoms with Gasteiger partial charge in [-0.25, -0.2) is 9.37 Å². The third-order valence-electron chi connectivity index (χ3n) is 6.20. The predicted octanol–water partition coefficient (Wildman–Crippen LogP) is 7.01. The number of Topliss-reactive ketones (excluding diaryl/α,β-unsaturated/α-hetero) is 1. The van der Waals surface area contributed by atoms with Gasteiger partial charge in [0.25, 0.3) is 5.78 Å². The molecule has 3 aromatic carbocycles. The maximum atomic E-state index is 13.8. The van der Waals surface area contributed by atoms with E-state index < -0.39 is 23.5 Å². The Balaban J connectivity index is 1.71. The average molecular weight is 521 g/mol. The van der Waals surface area contributed by atoms with Crippen LogP contribution in [0.25, 0.3) is 16.0 Å².